The molecule has 0 aliphatic rings. The molecule has 0 spiro atoms. The zero-order valence-corrected chi connectivity index (χ0v) is 8.77. The number of hydrogen-bond donors (Lipinski definition) is 1. The largest absolute Gasteiger partial charge is 0.496 e. The molecule has 16 heavy (non-hydrogen) atoms. The number of aromatic nitrogens is 1. The molecule has 0 saturated carbocycles. The van der Waals surface area contributed by atoms with E-state index in [2.05, 4.69) is 4.98 Å². The van der Waals surface area contributed by atoms with E-state index in [1.807, 2.05) is 0 Å². The first kappa shape index (κ1) is 10.4. The van der Waals surface area contributed by atoms with Crippen molar-refractivity contribution in [2.45, 2.75) is 0 Å². The van der Waals surface area contributed by atoms with Crippen LogP contribution in [0.25, 0.3) is 11.1 Å². The summed E-state index contributed by atoms with van der Waals surface area (Å²) in [7, 11) is 1.54. The molecule has 0 aliphatic heterocycles. The molecule has 0 fully saturated rings. The van der Waals surface area contributed by atoms with Crippen molar-refractivity contribution in [3.05, 3.63) is 42.3 Å². The lowest BCUT2D eigenvalue weighted by Gasteiger charge is -2.08. The van der Waals surface area contributed by atoms with Gasteiger partial charge in [0, 0.05) is 17.8 Å². The van der Waals surface area contributed by atoms with E-state index in [1.165, 1.54) is 19.2 Å². The van der Waals surface area contributed by atoms with Gasteiger partial charge in [-0.3, -0.25) is 0 Å². The molecular formula is C12H11FN2O. The second kappa shape index (κ2) is 4.18. The first-order valence-corrected chi connectivity index (χ1v) is 4.76. The van der Waals surface area contributed by atoms with Gasteiger partial charge in [-0.15, -0.1) is 0 Å². The molecule has 1 aromatic carbocycles. The molecule has 2 aromatic rings. The van der Waals surface area contributed by atoms with Crippen molar-refractivity contribution in [2.75, 3.05) is 12.8 Å². The van der Waals surface area contributed by atoms with Crippen LogP contribution in [0.4, 0.5) is 10.2 Å². The molecule has 82 valence electrons. The van der Waals surface area contributed by atoms with Crippen LogP contribution >= 0.6 is 0 Å². The number of rotatable bonds is 2. The normalized spacial score (nSPS) is 10.1. The summed E-state index contributed by atoms with van der Waals surface area (Å²) in [4.78, 5) is 3.97. The van der Waals surface area contributed by atoms with Crippen molar-refractivity contribution in [1.29, 1.82) is 0 Å². The van der Waals surface area contributed by atoms with E-state index < -0.39 is 0 Å². The molecule has 0 saturated heterocycles. The number of pyridine rings is 1. The Hall–Kier alpha value is -2.10. The van der Waals surface area contributed by atoms with Crippen LogP contribution in [0.15, 0.2) is 36.5 Å². The molecule has 2 rings (SSSR count). The fourth-order valence-corrected chi connectivity index (χ4v) is 1.49. The van der Waals surface area contributed by atoms with Crippen LogP contribution in [-0.2, 0) is 0 Å². The first-order chi connectivity index (χ1) is 7.70. The highest BCUT2D eigenvalue weighted by atomic mass is 19.1. The van der Waals surface area contributed by atoms with E-state index in [4.69, 9.17) is 10.5 Å². The predicted octanol–water partition coefficient (Wildman–Crippen LogP) is 2.48. The smallest absolute Gasteiger partial charge is 0.131 e. The van der Waals surface area contributed by atoms with Gasteiger partial charge >= 0.3 is 0 Å². The van der Waals surface area contributed by atoms with Gasteiger partial charge < -0.3 is 10.5 Å². The molecule has 0 amide bonds. The van der Waals surface area contributed by atoms with E-state index in [0.29, 0.717) is 17.1 Å². The van der Waals surface area contributed by atoms with Gasteiger partial charge in [0.2, 0.25) is 0 Å². The zero-order chi connectivity index (χ0) is 11.5. The highest BCUT2D eigenvalue weighted by Crippen LogP contribution is 2.30. The minimum atomic E-state index is -0.295. The summed E-state index contributed by atoms with van der Waals surface area (Å²) in [5.74, 6) is 0.659. The van der Waals surface area contributed by atoms with E-state index in [0.717, 1.165) is 5.56 Å². The molecule has 0 radical (unpaired) electrons. The lowest BCUT2D eigenvalue weighted by molar-refractivity contribution is 0.416. The quantitative estimate of drug-likeness (QED) is 0.842. The highest BCUT2D eigenvalue weighted by molar-refractivity contribution is 5.70. The van der Waals surface area contributed by atoms with E-state index >= 15 is 0 Å². The third-order valence-corrected chi connectivity index (χ3v) is 2.24. The van der Waals surface area contributed by atoms with Gasteiger partial charge in [0.25, 0.3) is 0 Å². The minimum absolute atomic E-state index is 0.295. The van der Waals surface area contributed by atoms with Crippen molar-refractivity contribution in [2.24, 2.45) is 0 Å². The fraction of sp³-hybridized carbons (Fsp3) is 0.0833. The Morgan fingerprint density at radius 3 is 2.81 bits per heavy atom. The summed E-state index contributed by atoms with van der Waals surface area (Å²) in [6, 6.07) is 7.86. The maximum absolute atomic E-state index is 13.1. The Morgan fingerprint density at radius 2 is 2.12 bits per heavy atom. The van der Waals surface area contributed by atoms with E-state index in [9.17, 15) is 4.39 Å². The van der Waals surface area contributed by atoms with Crippen LogP contribution in [0.5, 0.6) is 5.75 Å². The summed E-state index contributed by atoms with van der Waals surface area (Å²) in [6.45, 7) is 0. The molecule has 0 atom stereocenters. The van der Waals surface area contributed by atoms with Crippen molar-refractivity contribution >= 4 is 5.82 Å². The number of methoxy groups -OCH3 is 1. The van der Waals surface area contributed by atoms with Gasteiger partial charge in [-0.25, -0.2) is 9.37 Å². The summed E-state index contributed by atoms with van der Waals surface area (Å²) >= 11 is 0. The number of anilines is 1. The molecule has 0 unspecified atom stereocenters. The van der Waals surface area contributed by atoms with Crippen LogP contribution in [0, 0.1) is 5.82 Å². The molecule has 4 heteroatoms. The lowest BCUT2D eigenvalue weighted by atomic mass is 10.1. The number of nitrogens with two attached hydrogens (primary N) is 1. The third kappa shape index (κ3) is 1.95. The standard InChI is InChI=1S/C12H11FN2O/c1-16-11-6-12(14)15-7-10(11)8-3-2-4-9(13)5-8/h2-7H,1H3,(H2,14,15). The number of hydrogen-bond acceptors (Lipinski definition) is 3. The summed E-state index contributed by atoms with van der Waals surface area (Å²) in [6.07, 6.45) is 1.57. The molecule has 2 N–H and O–H groups in total. The predicted molar refractivity (Wildman–Crippen MR) is 60.6 cm³/mol. The van der Waals surface area contributed by atoms with Crippen LogP contribution in [0.1, 0.15) is 0 Å². The van der Waals surface area contributed by atoms with Crippen molar-refractivity contribution in [3.63, 3.8) is 0 Å². The topological polar surface area (TPSA) is 48.1 Å². The number of benzene rings is 1. The maximum Gasteiger partial charge on any atom is 0.131 e. The Labute approximate surface area is 92.7 Å². The van der Waals surface area contributed by atoms with E-state index in [1.54, 1.807) is 24.4 Å². The first-order valence-electron chi connectivity index (χ1n) is 4.76. The summed E-state index contributed by atoms with van der Waals surface area (Å²) in [5, 5.41) is 0. The maximum atomic E-state index is 13.1. The van der Waals surface area contributed by atoms with Crippen molar-refractivity contribution in [3.8, 4) is 16.9 Å². The second-order valence-corrected chi connectivity index (χ2v) is 3.32. The number of nitrogen functional groups attached to an aromatic ring is 1. The minimum Gasteiger partial charge on any atom is -0.496 e. The Balaban J connectivity index is 2.55. The van der Waals surface area contributed by atoms with Crippen LogP contribution in [0.2, 0.25) is 0 Å². The number of ether oxygens (including phenoxy) is 1. The molecule has 3 nitrogen and oxygen atoms in total. The number of halogens is 1. The molecule has 0 aliphatic carbocycles. The average molecular weight is 218 g/mol. The van der Waals surface area contributed by atoms with Gasteiger partial charge in [-0.1, -0.05) is 12.1 Å². The monoisotopic (exact) mass is 218 g/mol. The Kier molecular flexibility index (Phi) is 2.72. The Morgan fingerprint density at radius 1 is 1.31 bits per heavy atom. The SMILES string of the molecule is COc1cc(N)ncc1-c1cccc(F)c1. The van der Waals surface area contributed by atoms with Gasteiger partial charge in [0.1, 0.15) is 17.4 Å². The summed E-state index contributed by atoms with van der Waals surface area (Å²) < 4.78 is 18.3. The highest BCUT2D eigenvalue weighted by Gasteiger charge is 2.07. The second-order valence-electron chi connectivity index (χ2n) is 3.32. The molecular weight excluding hydrogens is 207 g/mol. The van der Waals surface area contributed by atoms with Gasteiger partial charge in [0.05, 0.1) is 7.11 Å². The average Bonchev–Trinajstić information content (AvgIpc) is 2.28. The molecule has 0 bridgehead atoms. The van der Waals surface area contributed by atoms with Gasteiger partial charge in [-0.05, 0) is 17.7 Å². The van der Waals surface area contributed by atoms with Crippen LogP contribution in [-0.4, -0.2) is 12.1 Å². The summed E-state index contributed by atoms with van der Waals surface area (Å²) in [5.41, 5.74) is 6.98. The number of nitrogens with zero attached hydrogens (tertiary/aromatic N) is 1. The third-order valence-electron chi connectivity index (χ3n) is 2.24. The molecule has 1 heterocycles. The lowest BCUT2D eigenvalue weighted by Crippen LogP contribution is -1.94. The van der Waals surface area contributed by atoms with Crippen molar-refractivity contribution < 1.29 is 9.13 Å². The van der Waals surface area contributed by atoms with Crippen LogP contribution in [0.3, 0.4) is 0 Å². The van der Waals surface area contributed by atoms with Crippen molar-refractivity contribution in [1.82, 2.24) is 4.98 Å². The van der Waals surface area contributed by atoms with Crippen LogP contribution < -0.4 is 10.5 Å². The Bertz CT molecular complexity index is 514. The fourth-order valence-electron chi connectivity index (χ4n) is 1.49. The zero-order valence-electron chi connectivity index (χ0n) is 8.77. The van der Waals surface area contributed by atoms with Gasteiger partial charge in [-0.2, -0.15) is 0 Å². The molecule has 1 aromatic heterocycles. The van der Waals surface area contributed by atoms with E-state index in [-0.39, 0.29) is 5.82 Å². The van der Waals surface area contributed by atoms with Gasteiger partial charge in [0.15, 0.2) is 0 Å².